The second-order valence-electron chi connectivity index (χ2n) is 10.2. The van der Waals surface area contributed by atoms with Crippen LogP contribution >= 0.6 is 8.03 Å². The summed E-state index contributed by atoms with van der Waals surface area (Å²) in [6.07, 6.45) is -0.184. The van der Waals surface area contributed by atoms with E-state index in [2.05, 4.69) is 5.32 Å². The average molecular weight is 567 g/mol. The van der Waals surface area contributed by atoms with Gasteiger partial charge in [0.05, 0.1) is 12.5 Å². The number of ether oxygens (including phenoxy) is 3. The topological polar surface area (TPSA) is 100 Å². The van der Waals surface area contributed by atoms with E-state index in [9.17, 15) is 14.2 Å². The summed E-state index contributed by atoms with van der Waals surface area (Å²) in [6, 6.07) is 26.3. The van der Waals surface area contributed by atoms with Gasteiger partial charge in [-0.1, -0.05) is 72.8 Å². The van der Waals surface area contributed by atoms with Crippen molar-refractivity contribution in [3.8, 4) is 5.75 Å². The van der Waals surface area contributed by atoms with Gasteiger partial charge >= 0.3 is 20.1 Å². The zero-order valence-electron chi connectivity index (χ0n) is 23.2. The first kappa shape index (κ1) is 30.8. The smallest absolute Gasteiger partial charge is 0.489 e. The number of carbonyl (C=O) groups excluding carboxylic acids is 2. The summed E-state index contributed by atoms with van der Waals surface area (Å²) in [5, 5.41) is 2.80. The number of esters is 1. The Bertz CT molecular complexity index is 1210. The van der Waals surface area contributed by atoms with Gasteiger partial charge in [-0.3, -0.25) is 4.79 Å². The lowest BCUT2D eigenvalue weighted by Gasteiger charge is -2.23. The number of carbonyl (C=O) groups is 2. The van der Waals surface area contributed by atoms with Crippen molar-refractivity contribution in [3.63, 3.8) is 0 Å². The molecule has 2 atom stereocenters. The number of alkyl carbamates (subject to hydrolysis) is 1. The molecule has 9 heteroatoms. The molecule has 0 heterocycles. The third kappa shape index (κ3) is 12.4. The molecule has 8 nitrogen and oxygen atoms in total. The largest absolute Gasteiger partial charge is 0.508 e. The summed E-state index contributed by atoms with van der Waals surface area (Å²) in [6.45, 7) is 5.94. The van der Waals surface area contributed by atoms with Gasteiger partial charge in [0, 0.05) is 0 Å². The molecule has 1 amide bonds. The first-order chi connectivity index (χ1) is 19.2. The Balaban J connectivity index is 1.49. The van der Waals surface area contributed by atoms with Crippen LogP contribution < -0.4 is 10.1 Å². The number of nitrogens with one attached hydrogen (secondary N) is 1. The van der Waals surface area contributed by atoms with Crippen molar-refractivity contribution in [3.05, 3.63) is 102 Å². The molecule has 3 aromatic carbocycles. The van der Waals surface area contributed by atoms with Crippen LogP contribution in [0.2, 0.25) is 0 Å². The van der Waals surface area contributed by atoms with Gasteiger partial charge in [-0.25, -0.2) is 4.79 Å². The molecule has 3 aromatic rings. The highest BCUT2D eigenvalue weighted by Crippen LogP contribution is 2.24. The normalized spacial score (nSPS) is 12.2. The van der Waals surface area contributed by atoms with E-state index in [1.54, 1.807) is 20.8 Å². The lowest BCUT2D eigenvalue weighted by molar-refractivity contribution is -0.144. The third-order valence-corrected chi connectivity index (χ3v) is 6.56. The molecule has 0 spiro atoms. The summed E-state index contributed by atoms with van der Waals surface area (Å²) in [7, 11) is -2.13. The van der Waals surface area contributed by atoms with Crippen LogP contribution in [-0.4, -0.2) is 36.5 Å². The SMILES string of the molecule is CC(C)(C)OC(=O)NC(CO[P+](=O)CCC(=O)OCc1ccccc1)Cc1ccc(OCc2ccccc2)cc1. The van der Waals surface area contributed by atoms with Crippen LogP contribution in [0.15, 0.2) is 84.9 Å². The van der Waals surface area contributed by atoms with Crippen molar-refractivity contribution in [1.29, 1.82) is 0 Å². The number of benzene rings is 3. The molecule has 2 unspecified atom stereocenters. The molecule has 0 aromatic heterocycles. The van der Waals surface area contributed by atoms with Crippen LogP contribution in [0.4, 0.5) is 4.79 Å². The van der Waals surface area contributed by atoms with Crippen LogP contribution in [0, 0.1) is 0 Å². The highest BCUT2D eigenvalue weighted by Gasteiger charge is 2.26. The lowest BCUT2D eigenvalue weighted by Crippen LogP contribution is -2.42. The Kier molecular flexibility index (Phi) is 12.1. The van der Waals surface area contributed by atoms with Crippen LogP contribution in [0.1, 0.15) is 43.9 Å². The van der Waals surface area contributed by atoms with Gasteiger partial charge in [-0.05, 0) is 60.6 Å². The second kappa shape index (κ2) is 15.8. The van der Waals surface area contributed by atoms with E-state index in [0.717, 1.165) is 22.4 Å². The molecule has 40 heavy (non-hydrogen) atoms. The predicted octanol–water partition coefficient (Wildman–Crippen LogP) is 6.59. The minimum atomic E-state index is -2.13. The summed E-state index contributed by atoms with van der Waals surface area (Å²) in [4.78, 5) is 24.5. The molecule has 0 radical (unpaired) electrons. The number of rotatable bonds is 14. The van der Waals surface area contributed by atoms with Gasteiger partial charge in [0.2, 0.25) is 0 Å². The second-order valence-corrected chi connectivity index (χ2v) is 11.6. The Labute approximate surface area is 236 Å². The van der Waals surface area contributed by atoms with Crippen molar-refractivity contribution in [2.45, 2.75) is 58.5 Å². The first-order valence-corrected chi connectivity index (χ1v) is 14.5. The zero-order valence-corrected chi connectivity index (χ0v) is 24.1. The maximum Gasteiger partial charge on any atom is 0.508 e. The number of hydrogen-bond acceptors (Lipinski definition) is 7. The molecule has 0 aliphatic rings. The first-order valence-electron chi connectivity index (χ1n) is 13.2. The average Bonchev–Trinajstić information content (AvgIpc) is 2.93. The van der Waals surface area contributed by atoms with Crippen molar-refractivity contribution in [2.75, 3.05) is 12.8 Å². The minimum Gasteiger partial charge on any atom is -0.489 e. The fraction of sp³-hybridized carbons (Fsp3) is 0.355. The van der Waals surface area contributed by atoms with E-state index in [1.807, 2.05) is 84.9 Å². The molecule has 0 aliphatic heterocycles. The number of amides is 1. The van der Waals surface area contributed by atoms with Gasteiger partial charge in [-0.15, -0.1) is 4.52 Å². The van der Waals surface area contributed by atoms with E-state index >= 15 is 0 Å². The molecule has 1 N–H and O–H groups in total. The molecule has 0 saturated heterocycles. The van der Waals surface area contributed by atoms with Crippen LogP contribution in [-0.2, 0) is 43.0 Å². The molecule has 0 saturated carbocycles. The van der Waals surface area contributed by atoms with E-state index in [-0.39, 0.29) is 25.8 Å². The van der Waals surface area contributed by atoms with E-state index in [4.69, 9.17) is 18.7 Å². The molecule has 0 fully saturated rings. The van der Waals surface area contributed by atoms with Crippen molar-refractivity contribution < 1.29 is 32.9 Å². The van der Waals surface area contributed by atoms with E-state index < -0.39 is 31.7 Å². The predicted molar refractivity (Wildman–Crippen MR) is 153 cm³/mol. The Morgan fingerprint density at radius 3 is 2.02 bits per heavy atom. The molecular weight excluding hydrogens is 529 g/mol. The summed E-state index contributed by atoms with van der Waals surface area (Å²) >= 11 is 0. The van der Waals surface area contributed by atoms with Crippen molar-refractivity contribution >= 4 is 20.1 Å². The molecule has 3 rings (SSSR count). The lowest BCUT2D eigenvalue weighted by atomic mass is 10.1. The van der Waals surface area contributed by atoms with Gasteiger partial charge in [0.15, 0.2) is 6.16 Å². The quantitative estimate of drug-likeness (QED) is 0.173. The monoisotopic (exact) mass is 566 g/mol. The Morgan fingerprint density at radius 1 is 0.825 bits per heavy atom. The minimum absolute atomic E-state index is 0.0141. The van der Waals surface area contributed by atoms with Crippen LogP contribution in [0.25, 0.3) is 0 Å². The van der Waals surface area contributed by atoms with Crippen LogP contribution in [0.5, 0.6) is 5.75 Å². The fourth-order valence-corrected chi connectivity index (χ4v) is 4.44. The molecular formula is C31H37NO7P+. The molecule has 0 aliphatic carbocycles. The maximum atomic E-state index is 12.5. The van der Waals surface area contributed by atoms with E-state index in [1.165, 1.54) is 0 Å². The van der Waals surface area contributed by atoms with Gasteiger partial charge in [-0.2, -0.15) is 0 Å². The van der Waals surface area contributed by atoms with Gasteiger partial charge < -0.3 is 19.5 Å². The summed E-state index contributed by atoms with van der Waals surface area (Å²) in [5.41, 5.74) is 2.21. The van der Waals surface area contributed by atoms with E-state index in [0.29, 0.717) is 13.0 Å². The Morgan fingerprint density at radius 2 is 1.43 bits per heavy atom. The third-order valence-electron chi connectivity index (χ3n) is 5.54. The van der Waals surface area contributed by atoms with Crippen molar-refractivity contribution in [1.82, 2.24) is 5.32 Å². The van der Waals surface area contributed by atoms with Crippen LogP contribution in [0.3, 0.4) is 0 Å². The standard InChI is InChI=1S/C31H36NO7P/c1-31(2,3)39-30(34)32-27(20-24-14-16-28(17-15-24)36-21-25-10-6-4-7-11-25)23-38-40(35)19-18-29(33)37-22-26-12-8-5-9-13-26/h4-17,27H,18-23H2,1-3H3/p+1. The summed E-state index contributed by atoms with van der Waals surface area (Å²) < 4.78 is 34.5. The Hall–Kier alpha value is -3.74. The van der Waals surface area contributed by atoms with Crippen molar-refractivity contribution in [2.24, 2.45) is 0 Å². The number of hydrogen-bond donors (Lipinski definition) is 1. The molecule has 212 valence electrons. The maximum absolute atomic E-state index is 12.5. The summed E-state index contributed by atoms with van der Waals surface area (Å²) in [5.74, 6) is 0.275. The fourth-order valence-electron chi connectivity index (χ4n) is 3.60. The highest BCUT2D eigenvalue weighted by molar-refractivity contribution is 7.39. The highest BCUT2D eigenvalue weighted by atomic mass is 31.1. The zero-order chi connectivity index (χ0) is 28.8. The van der Waals surface area contributed by atoms with Gasteiger partial charge in [0.1, 0.15) is 31.2 Å². The van der Waals surface area contributed by atoms with Gasteiger partial charge in [0.25, 0.3) is 0 Å². The molecule has 0 bridgehead atoms.